The number of carboxylic acids is 2. The van der Waals surface area contributed by atoms with Gasteiger partial charge in [-0.05, 0) is 30.3 Å². The fraction of sp³-hybridized carbons (Fsp3) is 0. The number of hydrogen-bond donors (Lipinski definition) is 2. The molecule has 0 spiro atoms. The standard InChI is InChI=1S/C7H5ClO2.C7H6O2/c8-6-3-1-2-5(4-6)7(9)10;8-7(9)6-4-2-1-3-5-6/h1-4H,(H,9,10);1-5H,(H,8,9). The van der Waals surface area contributed by atoms with Gasteiger partial charge in [-0.15, -0.1) is 0 Å². The minimum atomic E-state index is -0.956. The summed E-state index contributed by atoms with van der Waals surface area (Å²) in [6, 6.07) is 14.4. The van der Waals surface area contributed by atoms with Crippen molar-refractivity contribution in [2.75, 3.05) is 0 Å². The molecule has 0 aliphatic carbocycles. The molecule has 0 saturated heterocycles. The summed E-state index contributed by atoms with van der Waals surface area (Å²) in [5.41, 5.74) is 0.546. The molecular formula is C14H11ClO4. The van der Waals surface area contributed by atoms with Crippen LogP contribution in [0.3, 0.4) is 0 Å². The Morgan fingerprint density at radius 3 is 1.68 bits per heavy atom. The molecule has 0 amide bonds. The normalized spacial score (nSPS) is 9.11. The van der Waals surface area contributed by atoms with E-state index >= 15 is 0 Å². The molecule has 0 atom stereocenters. The van der Waals surface area contributed by atoms with E-state index in [1.807, 2.05) is 0 Å². The summed E-state index contributed by atoms with van der Waals surface area (Å²) in [6.45, 7) is 0. The van der Waals surface area contributed by atoms with Gasteiger partial charge < -0.3 is 10.2 Å². The van der Waals surface area contributed by atoms with E-state index < -0.39 is 11.9 Å². The quantitative estimate of drug-likeness (QED) is 0.882. The summed E-state index contributed by atoms with van der Waals surface area (Å²) in [7, 11) is 0. The van der Waals surface area contributed by atoms with Crippen molar-refractivity contribution in [3.8, 4) is 0 Å². The van der Waals surface area contributed by atoms with Crippen molar-refractivity contribution in [1.29, 1.82) is 0 Å². The van der Waals surface area contributed by atoms with Crippen molar-refractivity contribution < 1.29 is 19.8 Å². The molecular weight excluding hydrogens is 268 g/mol. The summed E-state index contributed by atoms with van der Waals surface area (Å²) in [4.78, 5) is 20.5. The molecule has 0 fully saturated rings. The highest BCUT2D eigenvalue weighted by Crippen LogP contribution is 2.09. The highest BCUT2D eigenvalue weighted by Gasteiger charge is 2.00. The van der Waals surface area contributed by atoms with Crippen LogP contribution in [0.15, 0.2) is 54.6 Å². The van der Waals surface area contributed by atoms with Crippen LogP contribution in [-0.2, 0) is 0 Å². The minimum Gasteiger partial charge on any atom is -0.478 e. The Morgan fingerprint density at radius 1 is 0.789 bits per heavy atom. The summed E-state index contributed by atoms with van der Waals surface area (Å²) < 4.78 is 0. The van der Waals surface area contributed by atoms with Crippen molar-refractivity contribution in [2.45, 2.75) is 0 Å². The van der Waals surface area contributed by atoms with Crippen molar-refractivity contribution in [3.05, 3.63) is 70.7 Å². The smallest absolute Gasteiger partial charge is 0.335 e. The maximum absolute atomic E-state index is 10.3. The fourth-order valence-corrected chi connectivity index (χ4v) is 1.39. The first kappa shape index (κ1) is 14.7. The van der Waals surface area contributed by atoms with Crippen LogP contribution in [0.4, 0.5) is 0 Å². The molecule has 98 valence electrons. The van der Waals surface area contributed by atoms with Crippen LogP contribution >= 0.6 is 11.6 Å². The average Bonchev–Trinajstić information content (AvgIpc) is 2.40. The van der Waals surface area contributed by atoms with Gasteiger partial charge in [0, 0.05) is 5.02 Å². The van der Waals surface area contributed by atoms with Crippen LogP contribution in [0.2, 0.25) is 5.02 Å². The molecule has 2 aromatic carbocycles. The summed E-state index contributed by atoms with van der Waals surface area (Å²) in [5.74, 6) is -1.84. The Labute approximate surface area is 114 Å². The lowest BCUT2D eigenvalue weighted by atomic mass is 10.2. The van der Waals surface area contributed by atoms with Gasteiger partial charge in [-0.2, -0.15) is 0 Å². The zero-order valence-electron chi connectivity index (χ0n) is 9.79. The molecule has 4 nitrogen and oxygen atoms in total. The van der Waals surface area contributed by atoms with E-state index in [4.69, 9.17) is 21.8 Å². The van der Waals surface area contributed by atoms with Crippen molar-refractivity contribution in [3.63, 3.8) is 0 Å². The lowest BCUT2D eigenvalue weighted by Gasteiger charge is -1.92. The SMILES string of the molecule is O=C(O)c1cccc(Cl)c1.O=C(O)c1ccccc1. The number of aromatic carboxylic acids is 2. The number of halogens is 1. The second-order valence-corrected chi connectivity index (χ2v) is 3.92. The van der Waals surface area contributed by atoms with Crippen molar-refractivity contribution >= 4 is 23.5 Å². The first-order valence-corrected chi connectivity index (χ1v) is 5.65. The third-order valence-corrected chi connectivity index (χ3v) is 2.33. The molecule has 0 saturated carbocycles. The molecule has 0 aromatic heterocycles. The highest BCUT2D eigenvalue weighted by atomic mass is 35.5. The second kappa shape index (κ2) is 7.18. The van der Waals surface area contributed by atoms with Gasteiger partial charge in [0.05, 0.1) is 11.1 Å². The lowest BCUT2D eigenvalue weighted by molar-refractivity contribution is 0.0686. The monoisotopic (exact) mass is 278 g/mol. The first-order chi connectivity index (χ1) is 9.00. The molecule has 0 heterocycles. The highest BCUT2D eigenvalue weighted by molar-refractivity contribution is 6.30. The maximum Gasteiger partial charge on any atom is 0.335 e. The molecule has 0 aliphatic heterocycles. The predicted molar refractivity (Wildman–Crippen MR) is 71.8 cm³/mol. The third-order valence-electron chi connectivity index (χ3n) is 2.09. The third kappa shape index (κ3) is 5.23. The van der Waals surface area contributed by atoms with Crippen molar-refractivity contribution in [2.24, 2.45) is 0 Å². The number of hydrogen-bond acceptors (Lipinski definition) is 2. The van der Waals surface area contributed by atoms with Crippen LogP contribution in [-0.4, -0.2) is 22.2 Å². The minimum absolute atomic E-state index is 0.215. The van der Waals surface area contributed by atoms with Crippen LogP contribution in [0.5, 0.6) is 0 Å². The van der Waals surface area contributed by atoms with Gasteiger partial charge in [-0.3, -0.25) is 0 Å². The lowest BCUT2D eigenvalue weighted by Crippen LogP contribution is -1.94. The molecule has 2 N–H and O–H groups in total. The maximum atomic E-state index is 10.3. The Morgan fingerprint density at radius 2 is 1.32 bits per heavy atom. The second-order valence-electron chi connectivity index (χ2n) is 3.49. The topological polar surface area (TPSA) is 74.6 Å². The molecule has 2 rings (SSSR count). The predicted octanol–water partition coefficient (Wildman–Crippen LogP) is 3.42. The Kier molecular flexibility index (Phi) is 5.57. The average molecular weight is 279 g/mol. The number of rotatable bonds is 2. The van der Waals surface area contributed by atoms with Gasteiger partial charge >= 0.3 is 11.9 Å². The summed E-state index contributed by atoms with van der Waals surface area (Å²) in [6.07, 6.45) is 0. The van der Waals surface area contributed by atoms with Gasteiger partial charge in [-0.25, -0.2) is 9.59 Å². The van der Waals surface area contributed by atoms with E-state index in [-0.39, 0.29) is 5.56 Å². The largest absolute Gasteiger partial charge is 0.478 e. The molecule has 19 heavy (non-hydrogen) atoms. The van der Waals surface area contributed by atoms with Crippen molar-refractivity contribution in [1.82, 2.24) is 0 Å². The zero-order valence-corrected chi connectivity index (χ0v) is 10.5. The first-order valence-electron chi connectivity index (χ1n) is 5.28. The van der Waals surface area contributed by atoms with Crippen LogP contribution in [0.1, 0.15) is 20.7 Å². The summed E-state index contributed by atoms with van der Waals surface area (Å²) in [5, 5.41) is 17.3. The molecule has 5 heteroatoms. The van der Waals surface area contributed by atoms with Gasteiger partial charge in [0.15, 0.2) is 0 Å². The van der Waals surface area contributed by atoms with Gasteiger partial charge in [0.1, 0.15) is 0 Å². The zero-order chi connectivity index (χ0) is 14.3. The number of carboxylic acid groups (broad SMARTS) is 2. The van der Waals surface area contributed by atoms with E-state index in [1.54, 1.807) is 42.5 Å². The molecule has 0 bridgehead atoms. The van der Waals surface area contributed by atoms with Gasteiger partial charge in [0.2, 0.25) is 0 Å². The van der Waals surface area contributed by atoms with E-state index in [9.17, 15) is 9.59 Å². The Balaban J connectivity index is 0.000000191. The van der Waals surface area contributed by atoms with Gasteiger partial charge in [0.25, 0.3) is 0 Å². The Hall–Kier alpha value is -2.33. The number of benzene rings is 2. The Bertz CT molecular complexity index is 567. The molecule has 0 aliphatic rings. The molecule has 2 aromatic rings. The number of carbonyl (C=O) groups is 2. The van der Waals surface area contributed by atoms with E-state index in [0.717, 1.165) is 0 Å². The van der Waals surface area contributed by atoms with E-state index in [2.05, 4.69) is 0 Å². The van der Waals surface area contributed by atoms with Crippen LogP contribution < -0.4 is 0 Å². The van der Waals surface area contributed by atoms with Crippen LogP contribution in [0.25, 0.3) is 0 Å². The molecule has 0 unspecified atom stereocenters. The fourth-order valence-electron chi connectivity index (χ4n) is 1.20. The van der Waals surface area contributed by atoms with Crippen LogP contribution in [0, 0.1) is 0 Å². The van der Waals surface area contributed by atoms with E-state index in [1.165, 1.54) is 12.1 Å². The summed E-state index contributed by atoms with van der Waals surface area (Å²) >= 11 is 5.53. The molecule has 0 radical (unpaired) electrons. The van der Waals surface area contributed by atoms with E-state index in [0.29, 0.717) is 10.6 Å². The van der Waals surface area contributed by atoms with Gasteiger partial charge in [-0.1, -0.05) is 35.9 Å².